The van der Waals surface area contributed by atoms with Gasteiger partial charge in [0, 0.05) is 17.0 Å². The normalized spacial score (nSPS) is 9.46. The maximum absolute atomic E-state index is 5.44. The van der Waals surface area contributed by atoms with Crippen LogP contribution in [0.3, 0.4) is 0 Å². The highest BCUT2D eigenvalue weighted by Crippen LogP contribution is 2.07. The molecule has 1 aromatic heterocycles. The Morgan fingerprint density at radius 2 is 2.23 bits per heavy atom. The molecule has 2 nitrogen and oxygen atoms in total. The summed E-state index contributed by atoms with van der Waals surface area (Å²) in [4.78, 5) is 3.94. The third kappa shape index (κ3) is 3.86. The summed E-state index contributed by atoms with van der Waals surface area (Å²) in [6.07, 6.45) is 1.68. The standard InChI is InChI=1S/C10H12N2S/c1-8(2)13-6-5-9-3-4-10(11)12-7-9/h3-4,7-8H,1-2H3,(H2,11,12). The predicted octanol–water partition coefficient (Wildman–Crippen LogP) is 2.11. The van der Waals surface area contributed by atoms with Gasteiger partial charge in [0.25, 0.3) is 0 Å². The molecule has 0 saturated heterocycles. The van der Waals surface area contributed by atoms with E-state index in [2.05, 4.69) is 30.0 Å². The summed E-state index contributed by atoms with van der Waals surface area (Å²) in [5, 5.41) is 3.54. The highest BCUT2D eigenvalue weighted by Gasteiger charge is 1.89. The topological polar surface area (TPSA) is 38.9 Å². The molecule has 0 bridgehead atoms. The van der Waals surface area contributed by atoms with Gasteiger partial charge in [-0.1, -0.05) is 31.5 Å². The summed E-state index contributed by atoms with van der Waals surface area (Å²) in [5.41, 5.74) is 6.34. The minimum Gasteiger partial charge on any atom is -0.384 e. The third-order valence-electron chi connectivity index (χ3n) is 1.28. The monoisotopic (exact) mass is 192 g/mol. The summed E-state index contributed by atoms with van der Waals surface area (Å²) in [6.45, 7) is 4.22. The second-order valence-corrected chi connectivity index (χ2v) is 4.25. The molecule has 2 N–H and O–H groups in total. The average Bonchev–Trinajstić information content (AvgIpc) is 2.08. The second-order valence-electron chi connectivity index (χ2n) is 2.87. The molecule has 0 saturated carbocycles. The van der Waals surface area contributed by atoms with Crippen molar-refractivity contribution in [1.29, 1.82) is 0 Å². The molecule has 0 amide bonds. The maximum atomic E-state index is 5.44. The molecule has 0 aromatic carbocycles. The molecule has 13 heavy (non-hydrogen) atoms. The molecule has 0 fully saturated rings. The van der Waals surface area contributed by atoms with Gasteiger partial charge < -0.3 is 5.73 Å². The SMILES string of the molecule is CC(C)SC#Cc1ccc(N)nc1. The molecule has 0 unspecified atom stereocenters. The van der Waals surface area contributed by atoms with Crippen LogP contribution in [0.1, 0.15) is 19.4 Å². The van der Waals surface area contributed by atoms with E-state index in [4.69, 9.17) is 5.73 Å². The van der Waals surface area contributed by atoms with Crippen LogP contribution in [-0.4, -0.2) is 10.2 Å². The molecule has 0 aliphatic heterocycles. The first-order valence-electron chi connectivity index (χ1n) is 4.06. The van der Waals surface area contributed by atoms with Crippen molar-refractivity contribution in [3.8, 4) is 11.2 Å². The zero-order chi connectivity index (χ0) is 9.68. The van der Waals surface area contributed by atoms with E-state index in [1.807, 2.05) is 6.07 Å². The van der Waals surface area contributed by atoms with Crippen molar-refractivity contribution < 1.29 is 0 Å². The minimum atomic E-state index is 0.530. The lowest BCUT2D eigenvalue weighted by molar-refractivity contribution is 1.12. The van der Waals surface area contributed by atoms with Crippen LogP contribution in [0.4, 0.5) is 5.82 Å². The molecule has 3 heteroatoms. The lowest BCUT2D eigenvalue weighted by atomic mass is 10.3. The molecule has 0 radical (unpaired) electrons. The van der Waals surface area contributed by atoms with Gasteiger partial charge in [0.05, 0.1) is 0 Å². The molecular weight excluding hydrogens is 180 g/mol. The van der Waals surface area contributed by atoms with Gasteiger partial charge in [-0.3, -0.25) is 0 Å². The molecule has 0 aliphatic rings. The van der Waals surface area contributed by atoms with E-state index >= 15 is 0 Å². The molecule has 0 aliphatic carbocycles. The number of hydrogen-bond acceptors (Lipinski definition) is 3. The van der Waals surface area contributed by atoms with E-state index in [0.29, 0.717) is 11.1 Å². The molecule has 1 heterocycles. The molecule has 0 spiro atoms. The van der Waals surface area contributed by atoms with Crippen LogP contribution < -0.4 is 5.73 Å². The van der Waals surface area contributed by atoms with E-state index in [9.17, 15) is 0 Å². The van der Waals surface area contributed by atoms with Gasteiger partial charge in [-0.25, -0.2) is 4.98 Å². The number of rotatable bonds is 1. The summed E-state index contributed by atoms with van der Waals surface area (Å²) in [6, 6.07) is 3.63. The number of nitrogen functional groups attached to an aromatic ring is 1. The lowest BCUT2D eigenvalue weighted by Gasteiger charge is -1.93. The minimum absolute atomic E-state index is 0.530. The van der Waals surface area contributed by atoms with Gasteiger partial charge in [0.15, 0.2) is 0 Å². The van der Waals surface area contributed by atoms with Crippen LogP contribution in [0.2, 0.25) is 0 Å². The fourth-order valence-corrected chi connectivity index (χ4v) is 1.10. The lowest BCUT2D eigenvalue weighted by Crippen LogP contribution is -1.88. The van der Waals surface area contributed by atoms with Crippen LogP contribution in [-0.2, 0) is 0 Å². The predicted molar refractivity (Wildman–Crippen MR) is 58.3 cm³/mol. The Kier molecular flexibility index (Phi) is 3.66. The first kappa shape index (κ1) is 9.94. The Hall–Kier alpha value is -1.14. The fraction of sp³-hybridized carbons (Fsp3) is 0.300. The summed E-state index contributed by atoms with van der Waals surface area (Å²) in [5.74, 6) is 3.53. The fourth-order valence-electron chi connectivity index (χ4n) is 0.685. The quantitative estimate of drug-likeness (QED) is 0.693. The van der Waals surface area contributed by atoms with E-state index < -0.39 is 0 Å². The molecule has 1 rings (SSSR count). The van der Waals surface area contributed by atoms with E-state index in [1.54, 1.807) is 24.0 Å². The van der Waals surface area contributed by atoms with Gasteiger partial charge in [-0.05, 0) is 17.4 Å². The zero-order valence-electron chi connectivity index (χ0n) is 7.74. The van der Waals surface area contributed by atoms with Crippen molar-refractivity contribution in [3.63, 3.8) is 0 Å². The van der Waals surface area contributed by atoms with Crippen LogP contribution in [0, 0.1) is 11.2 Å². The Bertz CT molecular complexity index is 319. The van der Waals surface area contributed by atoms with Gasteiger partial charge in [0.1, 0.15) is 5.82 Å². The van der Waals surface area contributed by atoms with Crippen LogP contribution in [0.5, 0.6) is 0 Å². The van der Waals surface area contributed by atoms with Gasteiger partial charge in [-0.15, -0.1) is 0 Å². The zero-order valence-corrected chi connectivity index (χ0v) is 8.56. The number of aromatic nitrogens is 1. The highest BCUT2D eigenvalue weighted by atomic mass is 32.2. The number of anilines is 1. The summed E-state index contributed by atoms with van der Waals surface area (Å²) >= 11 is 1.61. The van der Waals surface area contributed by atoms with Gasteiger partial charge in [0.2, 0.25) is 0 Å². The highest BCUT2D eigenvalue weighted by molar-refractivity contribution is 8.04. The van der Waals surface area contributed by atoms with Gasteiger partial charge in [-0.2, -0.15) is 0 Å². The average molecular weight is 192 g/mol. The van der Waals surface area contributed by atoms with Crippen molar-refractivity contribution in [2.45, 2.75) is 19.1 Å². The number of thioether (sulfide) groups is 1. The number of hydrogen-bond donors (Lipinski definition) is 1. The van der Waals surface area contributed by atoms with E-state index in [1.165, 1.54) is 0 Å². The Morgan fingerprint density at radius 3 is 2.77 bits per heavy atom. The molecule has 0 atom stereocenters. The van der Waals surface area contributed by atoms with Crippen molar-refractivity contribution in [3.05, 3.63) is 23.9 Å². The van der Waals surface area contributed by atoms with E-state index in [-0.39, 0.29) is 0 Å². The van der Waals surface area contributed by atoms with E-state index in [0.717, 1.165) is 5.56 Å². The first-order chi connectivity index (χ1) is 6.18. The smallest absolute Gasteiger partial charge is 0.123 e. The van der Waals surface area contributed by atoms with Crippen molar-refractivity contribution in [1.82, 2.24) is 4.98 Å². The van der Waals surface area contributed by atoms with Gasteiger partial charge >= 0.3 is 0 Å². The van der Waals surface area contributed by atoms with Crippen molar-refractivity contribution in [2.75, 3.05) is 5.73 Å². The number of nitrogens with zero attached hydrogens (tertiary/aromatic N) is 1. The number of pyridine rings is 1. The maximum Gasteiger partial charge on any atom is 0.123 e. The summed E-state index contributed by atoms with van der Waals surface area (Å²) in [7, 11) is 0. The largest absolute Gasteiger partial charge is 0.384 e. The molecular formula is C10H12N2S. The third-order valence-corrected chi connectivity index (χ3v) is 1.97. The second kappa shape index (κ2) is 4.78. The number of nitrogens with two attached hydrogens (primary N) is 1. The van der Waals surface area contributed by atoms with Crippen LogP contribution in [0.25, 0.3) is 0 Å². The van der Waals surface area contributed by atoms with Crippen LogP contribution in [0.15, 0.2) is 18.3 Å². The van der Waals surface area contributed by atoms with Crippen molar-refractivity contribution >= 4 is 17.6 Å². The Balaban J connectivity index is 2.62. The Labute approximate surface area is 82.9 Å². The van der Waals surface area contributed by atoms with Crippen LogP contribution >= 0.6 is 11.8 Å². The molecule has 1 aromatic rings. The van der Waals surface area contributed by atoms with Crippen molar-refractivity contribution in [2.24, 2.45) is 0 Å². The molecule has 68 valence electrons. The Morgan fingerprint density at radius 1 is 1.46 bits per heavy atom. The summed E-state index contributed by atoms with van der Waals surface area (Å²) < 4.78 is 0. The first-order valence-corrected chi connectivity index (χ1v) is 4.94.